The average Bonchev–Trinajstić information content (AvgIpc) is 3.56. The van der Waals surface area contributed by atoms with E-state index in [1.165, 1.54) is 0 Å². The largest absolute Gasteiger partial charge is 0.350 e. The van der Waals surface area contributed by atoms with Crippen molar-refractivity contribution in [3.05, 3.63) is 64.4 Å². The Kier molecular flexibility index (Phi) is 6.50. The van der Waals surface area contributed by atoms with Crippen molar-refractivity contribution < 1.29 is 9.59 Å². The molecule has 0 saturated heterocycles. The molecular formula is C24H27N5O2S. The van der Waals surface area contributed by atoms with Gasteiger partial charge in [0.2, 0.25) is 11.8 Å². The molecule has 1 heterocycles. The summed E-state index contributed by atoms with van der Waals surface area (Å²) in [5.41, 5.74) is 3.85. The first-order chi connectivity index (χ1) is 15.4. The molecule has 1 unspecified atom stereocenters. The number of aromatic nitrogens is 3. The number of anilines is 1. The summed E-state index contributed by atoms with van der Waals surface area (Å²) in [5.74, 6) is 0.912. The third-order valence-corrected chi connectivity index (χ3v) is 5.91. The molecule has 0 spiro atoms. The van der Waals surface area contributed by atoms with E-state index in [4.69, 9.17) is 12.2 Å². The Hall–Kier alpha value is -3.26. The lowest BCUT2D eigenvalue weighted by Gasteiger charge is -2.15. The summed E-state index contributed by atoms with van der Waals surface area (Å²) < 4.78 is 2.34. The van der Waals surface area contributed by atoms with E-state index in [0.717, 1.165) is 41.0 Å². The summed E-state index contributed by atoms with van der Waals surface area (Å²) >= 11 is 5.37. The molecule has 1 aliphatic rings. The van der Waals surface area contributed by atoms with E-state index >= 15 is 0 Å². The van der Waals surface area contributed by atoms with Gasteiger partial charge in [0.1, 0.15) is 0 Å². The van der Waals surface area contributed by atoms with Crippen LogP contribution < -0.4 is 10.6 Å². The smallest absolute Gasteiger partial charge is 0.227 e. The summed E-state index contributed by atoms with van der Waals surface area (Å²) in [6.07, 6.45) is 2.24. The molecule has 1 aromatic heterocycles. The Bertz CT molecular complexity index is 1180. The highest BCUT2D eigenvalue weighted by molar-refractivity contribution is 7.71. The van der Waals surface area contributed by atoms with Gasteiger partial charge in [-0.3, -0.25) is 19.3 Å². The molecular weight excluding hydrogens is 422 g/mol. The summed E-state index contributed by atoms with van der Waals surface area (Å²) in [6.45, 7) is 4.40. The molecule has 8 heteroatoms. The van der Waals surface area contributed by atoms with Crippen molar-refractivity contribution in [2.24, 2.45) is 5.92 Å². The fourth-order valence-corrected chi connectivity index (χ4v) is 3.81. The van der Waals surface area contributed by atoms with Gasteiger partial charge < -0.3 is 10.6 Å². The number of hydrogen-bond acceptors (Lipinski definition) is 4. The molecule has 1 fully saturated rings. The van der Waals surface area contributed by atoms with Crippen LogP contribution in [0.5, 0.6) is 0 Å². The van der Waals surface area contributed by atoms with Crippen LogP contribution in [0.3, 0.4) is 0 Å². The molecule has 32 heavy (non-hydrogen) atoms. The minimum absolute atomic E-state index is 0.0677. The maximum Gasteiger partial charge on any atom is 0.227 e. The van der Waals surface area contributed by atoms with Gasteiger partial charge >= 0.3 is 0 Å². The van der Waals surface area contributed by atoms with E-state index in [1.54, 1.807) is 0 Å². The number of amides is 2. The van der Waals surface area contributed by atoms with Gasteiger partial charge in [-0.2, -0.15) is 5.10 Å². The van der Waals surface area contributed by atoms with Crippen LogP contribution in [0.25, 0.3) is 11.4 Å². The molecule has 0 radical (unpaired) electrons. The molecule has 0 aliphatic heterocycles. The van der Waals surface area contributed by atoms with Gasteiger partial charge in [0.15, 0.2) is 10.6 Å². The van der Waals surface area contributed by atoms with Crippen LogP contribution in [0.4, 0.5) is 5.69 Å². The van der Waals surface area contributed by atoms with Crippen LogP contribution in [0.15, 0.2) is 48.5 Å². The fraction of sp³-hybridized carbons (Fsp3) is 0.333. The number of carbonyl (C=O) groups is 2. The molecule has 1 saturated carbocycles. The minimum atomic E-state index is -0.149. The van der Waals surface area contributed by atoms with Crippen LogP contribution in [-0.4, -0.2) is 26.6 Å². The van der Waals surface area contributed by atoms with Crippen LogP contribution in [0, 0.1) is 17.6 Å². The molecule has 1 aliphatic carbocycles. The minimum Gasteiger partial charge on any atom is -0.350 e. The van der Waals surface area contributed by atoms with Crippen molar-refractivity contribution in [2.75, 3.05) is 5.32 Å². The summed E-state index contributed by atoms with van der Waals surface area (Å²) in [4.78, 5) is 24.5. The Morgan fingerprint density at radius 2 is 1.97 bits per heavy atom. The zero-order valence-electron chi connectivity index (χ0n) is 18.2. The van der Waals surface area contributed by atoms with Crippen LogP contribution in [-0.2, 0) is 16.1 Å². The number of nitrogens with zero attached hydrogens (tertiary/aromatic N) is 2. The molecule has 7 nitrogen and oxygen atoms in total. The number of H-pyrrole nitrogens is 1. The van der Waals surface area contributed by atoms with Crippen LogP contribution in [0.1, 0.15) is 43.4 Å². The maximum absolute atomic E-state index is 12.6. The predicted molar refractivity (Wildman–Crippen MR) is 127 cm³/mol. The van der Waals surface area contributed by atoms with Crippen LogP contribution >= 0.6 is 12.2 Å². The maximum atomic E-state index is 12.6. The second-order valence-electron chi connectivity index (χ2n) is 8.30. The summed E-state index contributed by atoms with van der Waals surface area (Å²) in [5, 5.41) is 13.1. The predicted octanol–water partition coefficient (Wildman–Crippen LogP) is 4.53. The highest BCUT2D eigenvalue weighted by Gasteiger charge is 2.29. The van der Waals surface area contributed by atoms with E-state index in [-0.39, 0.29) is 30.2 Å². The quantitative estimate of drug-likeness (QED) is 0.441. The number of aromatic amines is 1. The third-order valence-electron chi connectivity index (χ3n) is 5.60. The van der Waals surface area contributed by atoms with Crippen molar-refractivity contribution in [3.8, 4) is 11.4 Å². The SMILES string of the molecule is Cc1cccc(-c2n[nH]c(=S)n2CCC(=O)NC(C)c2ccc(NC(=O)C3CC3)cc2)c1. The summed E-state index contributed by atoms with van der Waals surface area (Å²) in [6, 6.07) is 15.5. The lowest BCUT2D eigenvalue weighted by atomic mass is 10.1. The topological polar surface area (TPSA) is 91.8 Å². The Labute approximate surface area is 192 Å². The van der Waals surface area contributed by atoms with Crippen molar-refractivity contribution in [1.29, 1.82) is 0 Å². The van der Waals surface area contributed by atoms with Gasteiger partial charge in [0.25, 0.3) is 0 Å². The molecule has 1 atom stereocenters. The van der Waals surface area contributed by atoms with Gasteiger partial charge in [-0.05, 0) is 62.7 Å². The monoisotopic (exact) mass is 449 g/mol. The average molecular weight is 450 g/mol. The van der Waals surface area contributed by atoms with Gasteiger partial charge in [0.05, 0.1) is 6.04 Å². The lowest BCUT2D eigenvalue weighted by Crippen LogP contribution is -2.27. The molecule has 3 N–H and O–H groups in total. The second-order valence-corrected chi connectivity index (χ2v) is 8.68. The molecule has 3 aromatic rings. The van der Waals surface area contributed by atoms with Gasteiger partial charge in [-0.1, -0.05) is 35.9 Å². The zero-order chi connectivity index (χ0) is 22.7. The van der Waals surface area contributed by atoms with Gasteiger partial charge in [-0.25, -0.2) is 0 Å². The number of hydrogen-bond donors (Lipinski definition) is 3. The number of benzene rings is 2. The molecule has 166 valence electrons. The van der Waals surface area contributed by atoms with Crippen molar-refractivity contribution in [3.63, 3.8) is 0 Å². The molecule has 2 aromatic carbocycles. The Balaban J connectivity index is 1.34. The first-order valence-corrected chi connectivity index (χ1v) is 11.2. The lowest BCUT2D eigenvalue weighted by molar-refractivity contribution is -0.122. The second kappa shape index (κ2) is 9.48. The number of nitrogens with one attached hydrogen (secondary N) is 3. The van der Waals surface area contributed by atoms with E-state index in [0.29, 0.717) is 11.3 Å². The van der Waals surface area contributed by atoms with Crippen LogP contribution in [0.2, 0.25) is 0 Å². The van der Waals surface area contributed by atoms with E-state index in [9.17, 15) is 9.59 Å². The molecule has 4 rings (SSSR count). The van der Waals surface area contributed by atoms with Crippen molar-refractivity contribution >= 4 is 29.7 Å². The van der Waals surface area contributed by atoms with E-state index in [1.807, 2.05) is 66.9 Å². The normalized spacial score (nSPS) is 14.1. The number of rotatable bonds is 8. The van der Waals surface area contributed by atoms with E-state index in [2.05, 4.69) is 20.8 Å². The third kappa shape index (κ3) is 5.31. The van der Waals surface area contributed by atoms with Gasteiger partial charge in [0, 0.05) is 30.1 Å². The zero-order valence-corrected chi connectivity index (χ0v) is 19.0. The Morgan fingerprint density at radius 1 is 1.22 bits per heavy atom. The van der Waals surface area contributed by atoms with Crippen molar-refractivity contribution in [2.45, 2.75) is 45.7 Å². The standard InChI is InChI=1S/C24H27N5O2S/c1-15-4-3-5-19(14-15)22-27-28-24(32)29(22)13-12-21(30)25-16(2)17-8-10-20(11-9-17)26-23(31)18-6-7-18/h3-5,8-11,14,16,18H,6-7,12-13H2,1-2H3,(H,25,30)(H,26,31)(H,28,32). The van der Waals surface area contributed by atoms with Crippen molar-refractivity contribution in [1.82, 2.24) is 20.1 Å². The highest BCUT2D eigenvalue weighted by atomic mass is 32.1. The Morgan fingerprint density at radius 3 is 2.66 bits per heavy atom. The summed E-state index contributed by atoms with van der Waals surface area (Å²) in [7, 11) is 0. The number of carbonyl (C=O) groups excluding carboxylic acids is 2. The highest BCUT2D eigenvalue weighted by Crippen LogP contribution is 2.30. The number of aryl methyl sites for hydroxylation is 1. The molecule has 0 bridgehead atoms. The molecule has 2 amide bonds. The van der Waals surface area contributed by atoms with Gasteiger partial charge in [-0.15, -0.1) is 0 Å². The van der Waals surface area contributed by atoms with E-state index < -0.39 is 0 Å². The fourth-order valence-electron chi connectivity index (χ4n) is 3.58. The first kappa shape index (κ1) is 22.0. The first-order valence-electron chi connectivity index (χ1n) is 10.8.